The smallest absolute Gasteiger partial charge is 0.368 e. The molecule has 1 aliphatic heterocycles. The summed E-state index contributed by atoms with van der Waals surface area (Å²) in [6.45, 7) is 2.68. The number of nitrogens with one attached hydrogen (secondary N) is 1. The number of halogens is 3. The van der Waals surface area contributed by atoms with Gasteiger partial charge in [0.1, 0.15) is 11.5 Å². The Morgan fingerprint density at radius 2 is 1.71 bits per heavy atom. The molecule has 2 aromatic carbocycles. The van der Waals surface area contributed by atoms with Crippen LogP contribution in [0.25, 0.3) is 0 Å². The van der Waals surface area contributed by atoms with E-state index in [9.17, 15) is 22.8 Å². The molecule has 1 aliphatic rings. The number of aromatic nitrogens is 3. The van der Waals surface area contributed by atoms with Crippen LogP contribution in [0.5, 0.6) is 0 Å². The molecule has 0 unspecified atom stereocenters. The summed E-state index contributed by atoms with van der Waals surface area (Å²) in [5.41, 5.74) is 0.363. The highest BCUT2D eigenvalue weighted by Crippen LogP contribution is 2.29. The van der Waals surface area contributed by atoms with Crippen molar-refractivity contribution in [2.24, 2.45) is 0 Å². The normalized spacial score (nSPS) is 14.3. The van der Waals surface area contributed by atoms with Crippen molar-refractivity contribution in [3.63, 3.8) is 0 Å². The fourth-order valence-electron chi connectivity index (χ4n) is 3.92. The maximum atomic E-state index is 12.9. The third kappa shape index (κ3) is 5.81. The van der Waals surface area contributed by atoms with Gasteiger partial charge in [-0.1, -0.05) is 36.4 Å². The van der Waals surface area contributed by atoms with E-state index in [1.54, 1.807) is 4.90 Å². The van der Waals surface area contributed by atoms with Crippen LogP contribution in [0.2, 0.25) is 0 Å². The second-order valence-electron chi connectivity index (χ2n) is 8.13. The number of aromatic amines is 1. The zero-order valence-electron chi connectivity index (χ0n) is 18.4. The molecule has 3 aromatic rings. The number of H-pyrrole nitrogens is 1. The van der Waals surface area contributed by atoms with E-state index < -0.39 is 17.3 Å². The third-order valence-corrected chi connectivity index (χ3v) is 5.77. The lowest BCUT2D eigenvalue weighted by atomic mass is 10.1. The third-order valence-electron chi connectivity index (χ3n) is 5.77. The first kappa shape index (κ1) is 23.5. The minimum atomic E-state index is -4.44. The summed E-state index contributed by atoms with van der Waals surface area (Å²) in [6.07, 6.45) is -4.16. The van der Waals surface area contributed by atoms with Crippen LogP contribution < -0.4 is 10.5 Å². The molecular formula is C24H24F3N5O2. The first-order chi connectivity index (χ1) is 16.3. The molecule has 0 saturated carbocycles. The van der Waals surface area contributed by atoms with Gasteiger partial charge in [0, 0.05) is 51.1 Å². The van der Waals surface area contributed by atoms with E-state index in [1.165, 1.54) is 12.1 Å². The van der Waals surface area contributed by atoms with Crippen LogP contribution in [-0.2, 0) is 23.8 Å². The molecule has 0 atom stereocenters. The van der Waals surface area contributed by atoms with Crippen LogP contribution in [0.15, 0.2) is 59.4 Å². The van der Waals surface area contributed by atoms with Gasteiger partial charge in [-0.3, -0.25) is 9.59 Å². The molecule has 1 amide bonds. The second-order valence-corrected chi connectivity index (χ2v) is 8.13. The average molecular weight is 471 g/mol. The summed E-state index contributed by atoms with van der Waals surface area (Å²) < 4.78 is 38.7. The highest BCUT2D eigenvalue weighted by Gasteiger charge is 2.30. The fraction of sp³-hybridized carbons (Fsp3) is 0.333. The molecular weight excluding hydrogens is 447 g/mol. The monoisotopic (exact) mass is 471 g/mol. The number of aryl methyl sites for hydroxylation is 1. The minimum Gasteiger partial charge on any atom is -0.368 e. The van der Waals surface area contributed by atoms with Crippen LogP contribution in [0, 0.1) is 0 Å². The number of piperazine rings is 1. The van der Waals surface area contributed by atoms with E-state index in [1.807, 2.05) is 30.3 Å². The molecule has 4 rings (SSSR count). The molecule has 1 saturated heterocycles. The molecule has 0 radical (unpaired) electrons. The molecule has 1 N–H and O–H groups in total. The topological polar surface area (TPSA) is 82.2 Å². The number of rotatable bonds is 6. The van der Waals surface area contributed by atoms with Crippen molar-refractivity contribution in [3.8, 4) is 0 Å². The van der Waals surface area contributed by atoms with Crippen molar-refractivity contribution in [1.29, 1.82) is 0 Å². The summed E-state index contributed by atoms with van der Waals surface area (Å²) in [5, 5.41) is 7.86. The zero-order chi connectivity index (χ0) is 24.1. The number of hydrogen-bond acceptors (Lipinski definition) is 5. The molecule has 0 aliphatic carbocycles. The summed E-state index contributed by atoms with van der Waals surface area (Å²) >= 11 is 0. The maximum absolute atomic E-state index is 12.9. The average Bonchev–Trinajstić information content (AvgIpc) is 2.84. The largest absolute Gasteiger partial charge is 0.416 e. The van der Waals surface area contributed by atoms with Crippen molar-refractivity contribution in [3.05, 3.63) is 87.6 Å². The van der Waals surface area contributed by atoms with Gasteiger partial charge in [-0.15, -0.1) is 10.2 Å². The maximum Gasteiger partial charge on any atom is 0.416 e. The van der Waals surface area contributed by atoms with E-state index in [4.69, 9.17) is 0 Å². The first-order valence-corrected chi connectivity index (χ1v) is 11.0. The second kappa shape index (κ2) is 10.1. The number of alkyl halides is 3. The highest BCUT2D eigenvalue weighted by atomic mass is 19.4. The lowest BCUT2D eigenvalue weighted by Gasteiger charge is -2.36. The van der Waals surface area contributed by atoms with Gasteiger partial charge in [0.25, 0.3) is 5.56 Å². The summed E-state index contributed by atoms with van der Waals surface area (Å²) in [7, 11) is 0. The standard InChI is InChI=1S/C24H24F3N5O2/c25-24(26,27)18-6-4-5-17(15-18)16-21-28-23(34)20(29-30-21)9-10-22(33)32-13-11-31(12-14-32)19-7-2-1-3-8-19/h1-8,15H,9-14,16H2,(H,28,30,34). The molecule has 7 nitrogen and oxygen atoms in total. The van der Waals surface area contributed by atoms with E-state index in [-0.39, 0.29) is 36.7 Å². The van der Waals surface area contributed by atoms with Gasteiger partial charge in [-0.05, 0) is 23.8 Å². The molecule has 34 heavy (non-hydrogen) atoms. The Morgan fingerprint density at radius 3 is 2.38 bits per heavy atom. The zero-order valence-corrected chi connectivity index (χ0v) is 18.4. The fourth-order valence-corrected chi connectivity index (χ4v) is 3.92. The molecule has 0 bridgehead atoms. The number of anilines is 1. The van der Waals surface area contributed by atoms with E-state index in [2.05, 4.69) is 20.1 Å². The van der Waals surface area contributed by atoms with Crippen LogP contribution in [0.1, 0.15) is 29.1 Å². The lowest BCUT2D eigenvalue weighted by Crippen LogP contribution is -2.48. The highest BCUT2D eigenvalue weighted by molar-refractivity contribution is 5.76. The SMILES string of the molecule is O=C(CCc1nnc(Cc2cccc(C(F)(F)F)c2)[nH]c1=O)N1CCN(c2ccccc2)CC1. The Bertz CT molecular complexity index is 1190. The van der Waals surface area contributed by atoms with Gasteiger partial charge in [0.05, 0.1) is 5.56 Å². The van der Waals surface area contributed by atoms with E-state index in [0.29, 0.717) is 18.7 Å². The number of benzene rings is 2. The Kier molecular flexibility index (Phi) is 6.95. The number of para-hydroxylation sites is 1. The summed E-state index contributed by atoms with van der Waals surface area (Å²) in [5.74, 6) is 0.110. The molecule has 178 valence electrons. The lowest BCUT2D eigenvalue weighted by molar-refractivity contribution is -0.137. The van der Waals surface area contributed by atoms with Gasteiger partial charge in [-0.2, -0.15) is 13.2 Å². The molecule has 10 heteroatoms. The van der Waals surface area contributed by atoms with Crippen molar-refractivity contribution in [1.82, 2.24) is 20.1 Å². The van der Waals surface area contributed by atoms with E-state index >= 15 is 0 Å². The Hall–Kier alpha value is -3.69. The van der Waals surface area contributed by atoms with Crippen LogP contribution in [0.4, 0.5) is 18.9 Å². The Balaban J connectivity index is 1.30. The van der Waals surface area contributed by atoms with Crippen LogP contribution in [-0.4, -0.2) is 52.2 Å². The predicted molar refractivity (Wildman–Crippen MR) is 120 cm³/mol. The molecule has 1 aromatic heterocycles. The van der Waals surface area contributed by atoms with Crippen LogP contribution >= 0.6 is 0 Å². The first-order valence-electron chi connectivity index (χ1n) is 11.0. The predicted octanol–water partition coefficient (Wildman–Crippen LogP) is 3.06. The van der Waals surface area contributed by atoms with Gasteiger partial charge < -0.3 is 14.8 Å². The van der Waals surface area contributed by atoms with Crippen molar-refractivity contribution in [2.45, 2.75) is 25.4 Å². The van der Waals surface area contributed by atoms with Gasteiger partial charge >= 0.3 is 6.18 Å². The Labute approximate surface area is 194 Å². The number of amides is 1. The van der Waals surface area contributed by atoms with Crippen LogP contribution in [0.3, 0.4) is 0 Å². The van der Waals surface area contributed by atoms with Crippen molar-refractivity contribution >= 4 is 11.6 Å². The molecule has 1 fully saturated rings. The summed E-state index contributed by atoms with van der Waals surface area (Å²) in [4.78, 5) is 31.6. The Morgan fingerprint density at radius 1 is 0.971 bits per heavy atom. The summed E-state index contributed by atoms with van der Waals surface area (Å²) in [6, 6.07) is 14.9. The number of nitrogens with zero attached hydrogens (tertiary/aromatic N) is 4. The van der Waals surface area contributed by atoms with Crippen molar-refractivity contribution < 1.29 is 18.0 Å². The minimum absolute atomic E-state index is 0.0110. The van der Waals surface area contributed by atoms with Gasteiger partial charge in [0.15, 0.2) is 0 Å². The van der Waals surface area contributed by atoms with E-state index in [0.717, 1.165) is 30.9 Å². The number of hydrogen-bond donors (Lipinski definition) is 1. The molecule has 2 heterocycles. The van der Waals surface area contributed by atoms with Crippen molar-refractivity contribution in [2.75, 3.05) is 31.1 Å². The van der Waals surface area contributed by atoms with Gasteiger partial charge in [-0.25, -0.2) is 0 Å². The number of carbonyl (C=O) groups excluding carboxylic acids is 1. The van der Waals surface area contributed by atoms with Gasteiger partial charge in [0.2, 0.25) is 5.91 Å². The number of carbonyl (C=O) groups is 1. The molecule has 0 spiro atoms. The quantitative estimate of drug-likeness (QED) is 0.598.